The molecule has 0 atom stereocenters. The zero-order valence-corrected chi connectivity index (χ0v) is 16.5. The first kappa shape index (κ1) is 19.2. The van der Waals surface area contributed by atoms with Crippen molar-refractivity contribution in [1.29, 1.82) is 0 Å². The summed E-state index contributed by atoms with van der Waals surface area (Å²) in [5.74, 6) is 8.12. The Bertz CT molecular complexity index is 886. The summed E-state index contributed by atoms with van der Waals surface area (Å²) in [6, 6.07) is 14.2. The lowest BCUT2D eigenvalue weighted by molar-refractivity contribution is 0.306. The number of nitrogens with two attached hydrogens (primary N) is 1. The topological polar surface area (TPSA) is 66.0 Å². The number of hydrogen-bond donors (Lipinski definition) is 1. The Hall–Kier alpha value is -2.54. The van der Waals surface area contributed by atoms with Gasteiger partial charge < -0.3 is 10.6 Å². The SMILES string of the molecule is CC(C)(C)c1nnc(SCc2ccc(OCc3ccc(F)cc3)cc2)n1N. The summed E-state index contributed by atoms with van der Waals surface area (Å²) in [4.78, 5) is 0. The van der Waals surface area contributed by atoms with Crippen LogP contribution in [0.25, 0.3) is 0 Å². The van der Waals surface area contributed by atoms with E-state index in [1.165, 1.54) is 12.1 Å². The maximum absolute atomic E-state index is 12.9. The number of aromatic nitrogens is 3. The number of hydrogen-bond acceptors (Lipinski definition) is 5. The lowest BCUT2D eigenvalue weighted by atomic mass is 9.96. The Labute approximate surface area is 162 Å². The molecule has 2 aromatic carbocycles. The number of thioether (sulfide) groups is 1. The number of rotatable bonds is 6. The van der Waals surface area contributed by atoms with Crippen molar-refractivity contribution in [1.82, 2.24) is 14.9 Å². The largest absolute Gasteiger partial charge is 0.489 e. The molecule has 3 aromatic rings. The molecule has 0 aliphatic carbocycles. The van der Waals surface area contributed by atoms with Gasteiger partial charge in [0.05, 0.1) is 0 Å². The Morgan fingerprint density at radius 1 is 1.00 bits per heavy atom. The van der Waals surface area contributed by atoms with Crippen molar-refractivity contribution in [2.75, 3.05) is 5.84 Å². The van der Waals surface area contributed by atoms with Crippen LogP contribution in [0.1, 0.15) is 37.7 Å². The van der Waals surface area contributed by atoms with Crippen molar-refractivity contribution in [2.45, 2.75) is 43.7 Å². The Morgan fingerprint density at radius 3 is 2.22 bits per heavy atom. The van der Waals surface area contributed by atoms with Crippen LogP contribution in [0.4, 0.5) is 4.39 Å². The van der Waals surface area contributed by atoms with E-state index >= 15 is 0 Å². The Balaban J connectivity index is 1.55. The maximum atomic E-state index is 12.9. The molecule has 0 unspecified atom stereocenters. The van der Waals surface area contributed by atoms with E-state index in [1.807, 2.05) is 24.3 Å². The highest BCUT2D eigenvalue weighted by Gasteiger charge is 2.22. The third kappa shape index (κ3) is 5.01. The number of nitrogens with zero attached hydrogens (tertiary/aromatic N) is 3. The summed E-state index contributed by atoms with van der Waals surface area (Å²) in [5.41, 5.74) is 1.91. The Kier molecular flexibility index (Phi) is 5.70. The quantitative estimate of drug-likeness (QED) is 0.505. The minimum Gasteiger partial charge on any atom is -0.489 e. The van der Waals surface area contributed by atoms with E-state index in [9.17, 15) is 4.39 Å². The molecular formula is C20H23FN4OS. The second kappa shape index (κ2) is 8.00. The molecule has 3 rings (SSSR count). The molecule has 0 amide bonds. The fraction of sp³-hybridized carbons (Fsp3) is 0.300. The lowest BCUT2D eigenvalue weighted by Gasteiger charge is -2.16. The van der Waals surface area contributed by atoms with Crippen molar-refractivity contribution in [3.8, 4) is 5.75 Å². The zero-order chi connectivity index (χ0) is 19.4. The van der Waals surface area contributed by atoms with E-state index in [2.05, 4.69) is 31.0 Å². The van der Waals surface area contributed by atoms with Gasteiger partial charge >= 0.3 is 0 Å². The van der Waals surface area contributed by atoms with Crippen LogP contribution in [-0.2, 0) is 17.8 Å². The van der Waals surface area contributed by atoms with Crippen molar-refractivity contribution in [3.63, 3.8) is 0 Å². The van der Waals surface area contributed by atoms with Gasteiger partial charge in [0, 0.05) is 11.2 Å². The maximum Gasteiger partial charge on any atom is 0.210 e. The van der Waals surface area contributed by atoms with Crippen LogP contribution in [0.2, 0.25) is 0 Å². The van der Waals surface area contributed by atoms with E-state index in [0.29, 0.717) is 11.8 Å². The highest BCUT2D eigenvalue weighted by molar-refractivity contribution is 7.98. The highest BCUT2D eigenvalue weighted by Crippen LogP contribution is 2.26. The van der Waals surface area contributed by atoms with Gasteiger partial charge in [0.2, 0.25) is 5.16 Å². The fourth-order valence-electron chi connectivity index (χ4n) is 2.46. The van der Waals surface area contributed by atoms with E-state index in [-0.39, 0.29) is 11.2 Å². The molecule has 0 aliphatic rings. The summed E-state index contributed by atoms with van der Waals surface area (Å²) >= 11 is 1.54. The summed E-state index contributed by atoms with van der Waals surface area (Å²) in [7, 11) is 0. The molecule has 142 valence electrons. The van der Waals surface area contributed by atoms with Crippen LogP contribution < -0.4 is 10.6 Å². The molecule has 0 radical (unpaired) electrons. The van der Waals surface area contributed by atoms with Crippen LogP contribution in [0.3, 0.4) is 0 Å². The predicted molar refractivity (Wildman–Crippen MR) is 106 cm³/mol. The summed E-state index contributed by atoms with van der Waals surface area (Å²) in [6.45, 7) is 6.57. The predicted octanol–water partition coefficient (Wildman–Crippen LogP) is 4.30. The van der Waals surface area contributed by atoms with E-state index in [4.69, 9.17) is 10.6 Å². The summed E-state index contributed by atoms with van der Waals surface area (Å²) < 4.78 is 20.2. The second-order valence-electron chi connectivity index (χ2n) is 7.27. The normalized spacial score (nSPS) is 11.6. The van der Waals surface area contributed by atoms with Gasteiger partial charge in [0.15, 0.2) is 5.82 Å². The molecule has 0 bridgehead atoms. The monoisotopic (exact) mass is 386 g/mol. The molecule has 0 saturated carbocycles. The molecule has 0 fully saturated rings. The molecule has 7 heteroatoms. The first-order valence-corrected chi connectivity index (χ1v) is 9.61. The highest BCUT2D eigenvalue weighted by atomic mass is 32.2. The molecular weight excluding hydrogens is 363 g/mol. The van der Waals surface area contributed by atoms with Crippen molar-refractivity contribution >= 4 is 11.8 Å². The van der Waals surface area contributed by atoms with Gasteiger partial charge in [-0.25, -0.2) is 9.07 Å². The first-order chi connectivity index (χ1) is 12.8. The average molecular weight is 386 g/mol. The van der Waals surface area contributed by atoms with Crippen LogP contribution >= 0.6 is 11.8 Å². The van der Waals surface area contributed by atoms with Gasteiger partial charge in [-0.2, -0.15) is 0 Å². The fourth-order valence-corrected chi connectivity index (χ4v) is 3.28. The third-order valence-corrected chi connectivity index (χ3v) is 4.96. The molecule has 1 heterocycles. The van der Waals surface area contributed by atoms with Gasteiger partial charge in [0.25, 0.3) is 0 Å². The van der Waals surface area contributed by atoms with Crippen LogP contribution in [0.15, 0.2) is 53.7 Å². The minimum atomic E-state index is -0.247. The summed E-state index contributed by atoms with van der Waals surface area (Å²) in [5, 5.41) is 9.07. The van der Waals surface area contributed by atoms with Crippen molar-refractivity contribution < 1.29 is 9.13 Å². The van der Waals surface area contributed by atoms with E-state index < -0.39 is 0 Å². The third-order valence-electron chi connectivity index (χ3n) is 3.95. The van der Waals surface area contributed by atoms with Gasteiger partial charge in [-0.05, 0) is 35.4 Å². The van der Waals surface area contributed by atoms with Crippen molar-refractivity contribution in [3.05, 3.63) is 71.3 Å². The van der Waals surface area contributed by atoms with Gasteiger partial charge in [0.1, 0.15) is 18.2 Å². The number of halogens is 1. The standard InChI is InChI=1S/C20H23FN4OS/c1-20(2,3)18-23-24-19(25(18)22)27-13-15-6-10-17(11-7-15)26-12-14-4-8-16(21)9-5-14/h4-11H,12-13,22H2,1-3H3. The Morgan fingerprint density at radius 2 is 1.63 bits per heavy atom. The number of ether oxygens (including phenoxy) is 1. The smallest absolute Gasteiger partial charge is 0.210 e. The van der Waals surface area contributed by atoms with Crippen LogP contribution in [0.5, 0.6) is 5.75 Å². The molecule has 27 heavy (non-hydrogen) atoms. The zero-order valence-electron chi connectivity index (χ0n) is 15.6. The van der Waals surface area contributed by atoms with Crippen molar-refractivity contribution in [2.24, 2.45) is 0 Å². The molecule has 0 spiro atoms. The molecule has 2 N–H and O–H groups in total. The molecule has 0 saturated heterocycles. The van der Waals surface area contributed by atoms with Crippen LogP contribution in [-0.4, -0.2) is 14.9 Å². The molecule has 0 aliphatic heterocycles. The van der Waals surface area contributed by atoms with E-state index in [0.717, 1.165) is 28.5 Å². The van der Waals surface area contributed by atoms with E-state index in [1.54, 1.807) is 28.6 Å². The number of nitrogen functional groups attached to an aromatic ring is 1. The van der Waals surface area contributed by atoms with Gasteiger partial charge in [-0.3, -0.25) is 0 Å². The van der Waals surface area contributed by atoms with Gasteiger partial charge in [-0.1, -0.05) is 56.8 Å². The van der Waals surface area contributed by atoms with Gasteiger partial charge in [-0.15, -0.1) is 10.2 Å². The lowest BCUT2D eigenvalue weighted by Crippen LogP contribution is -2.24. The average Bonchev–Trinajstić information content (AvgIpc) is 3.01. The second-order valence-corrected chi connectivity index (χ2v) is 8.22. The summed E-state index contributed by atoms with van der Waals surface area (Å²) in [6.07, 6.45) is 0. The molecule has 5 nitrogen and oxygen atoms in total. The molecule has 1 aromatic heterocycles. The number of benzene rings is 2. The minimum absolute atomic E-state index is 0.149. The van der Waals surface area contributed by atoms with Crippen LogP contribution in [0, 0.1) is 5.82 Å². The first-order valence-electron chi connectivity index (χ1n) is 8.63.